The predicted octanol–water partition coefficient (Wildman–Crippen LogP) is 4.36. The third-order valence-electron chi connectivity index (χ3n) is 4.84. The maximum absolute atomic E-state index is 13.4. The first-order valence-electron chi connectivity index (χ1n) is 10.2. The van der Waals surface area contributed by atoms with Gasteiger partial charge < -0.3 is 10.2 Å². The quantitative estimate of drug-likeness (QED) is 0.491. The number of anilines is 1. The second-order valence-corrected chi connectivity index (χ2v) is 10.6. The zero-order valence-corrected chi connectivity index (χ0v) is 21.6. The first kappa shape index (κ1) is 27.2. The van der Waals surface area contributed by atoms with Crippen LogP contribution in [0.25, 0.3) is 0 Å². The highest BCUT2D eigenvalue weighted by molar-refractivity contribution is 7.92. The van der Waals surface area contributed by atoms with Crippen molar-refractivity contribution in [2.75, 3.05) is 23.7 Å². The van der Waals surface area contributed by atoms with Crippen LogP contribution in [0.3, 0.4) is 0 Å². The first-order chi connectivity index (χ1) is 15.5. The van der Waals surface area contributed by atoms with Crippen molar-refractivity contribution in [1.82, 2.24) is 10.2 Å². The van der Waals surface area contributed by atoms with Gasteiger partial charge in [-0.05, 0) is 43.2 Å². The van der Waals surface area contributed by atoms with Gasteiger partial charge in [-0.2, -0.15) is 0 Å². The normalized spacial score (nSPS) is 12.2. The van der Waals surface area contributed by atoms with E-state index in [0.29, 0.717) is 17.1 Å². The molecule has 2 aromatic carbocycles. The van der Waals surface area contributed by atoms with Gasteiger partial charge >= 0.3 is 0 Å². The van der Waals surface area contributed by atoms with Crippen LogP contribution >= 0.6 is 34.8 Å². The summed E-state index contributed by atoms with van der Waals surface area (Å²) in [5, 5.41) is 3.40. The average Bonchev–Trinajstić information content (AvgIpc) is 2.75. The molecule has 0 bridgehead atoms. The number of benzene rings is 2. The summed E-state index contributed by atoms with van der Waals surface area (Å²) in [6, 6.07) is 10.5. The van der Waals surface area contributed by atoms with Gasteiger partial charge in [0.1, 0.15) is 12.6 Å². The third kappa shape index (κ3) is 7.50. The van der Waals surface area contributed by atoms with Crippen molar-refractivity contribution < 1.29 is 18.0 Å². The Bertz CT molecular complexity index is 1110. The summed E-state index contributed by atoms with van der Waals surface area (Å²) in [4.78, 5) is 27.4. The zero-order chi connectivity index (χ0) is 24.8. The van der Waals surface area contributed by atoms with Crippen molar-refractivity contribution >= 4 is 62.3 Å². The molecule has 0 aliphatic heterocycles. The summed E-state index contributed by atoms with van der Waals surface area (Å²) < 4.78 is 26.0. The smallest absolute Gasteiger partial charge is 0.244 e. The van der Waals surface area contributed by atoms with Crippen LogP contribution in [0.1, 0.15) is 25.8 Å². The van der Waals surface area contributed by atoms with Crippen LogP contribution in [0, 0.1) is 0 Å². The molecule has 1 atom stereocenters. The SMILES string of the molecule is CCCNC(=O)[C@@H](C)N(Cc1cccc(Cl)c1)C(=O)CN(c1cccc(Cl)c1Cl)S(C)(=O)=O. The number of carbonyl (C=O) groups is 2. The number of carbonyl (C=O) groups excluding carboxylic acids is 2. The molecule has 0 heterocycles. The van der Waals surface area contributed by atoms with Gasteiger partial charge in [-0.25, -0.2) is 8.42 Å². The maximum atomic E-state index is 13.4. The molecule has 2 amide bonds. The minimum atomic E-state index is -3.90. The van der Waals surface area contributed by atoms with Crippen molar-refractivity contribution in [3.8, 4) is 0 Å². The molecule has 0 fully saturated rings. The van der Waals surface area contributed by atoms with Crippen molar-refractivity contribution in [2.45, 2.75) is 32.9 Å². The molecule has 0 unspecified atom stereocenters. The van der Waals surface area contributed by atoms with Gasteiger partial charge in [0.05, 0.1) is 22.0 Å². The van der Waals surface area contributed by atoms with Crippen molar-refractivity contribution in [3.63, 3.8) is 0 Å². The maximum Gasteiger partial charge on any atom is 0.244 e. The molecule has 0 saturated carbocycles. The van der Waals surface area contributed by atoms with E-state index >= 15 is 0 Å². The molecule has 1 N–H and O–H groups in total. The number of amides is 2. The van der Waals surface area contributed by atoms with Gasteiger partial charge in [0.2, 0.25) is 21.8 Å². The van der Waals surface area contributed by atoms with E-state index < -0.39 is 28.5 Å². The molecular formula is C22H26Cl3N3O4S. The lowest BCUT2D eigenvalue weighted by molar-refractivity contribution is -0.139. The summed E-state index contributed by atoms with van der Waals surface area (Å²) in [5.41, 5.74) is 0.767. The van der Waals surface area contributed by atoms with E-state index in [4.69, 9.17) is 34.8 Å². The lowest BCUT2D eigenvalue weighted by Crippen LogP contribution is -2.51. The van der Waals surface area contributed by atoms with Crippen molar-refractivity contribution in [3.05, 3.63) is 63.1 Å². The van der Waals surface area contributed by atoms with Crippen LogP contribution in [-0.4, -0.2) is 50.5 Å². The molecule has 2 aromatic rings. The van der Waals surface area contributed by atoms with Crippen LogP contribution in [0.2, 0.25) is 15.1 Å². The molecular weight excluding hydrogens is 509 g/mol. The number of hydrogen-bond donors (Lipinski definition) is 1. The third-order valence-corrected chi connectivity index (χ3v) is 7.01. The number of hydrogen-bond acceptors (Lipinski definition) is 4. The molecule has 0 aromatic heterocycles. The van der Waals surface area contributed by atoms with Gasteiger partial charge in [-0.15, -0.1) is 0 Å². The van der Waals surface area contributed by atoms with Crippen LogP contribution in [0.4, 0.5) is 5.69 Å². The summed E-state index contributed by atoms with van der Waals surface area (Å²) in [6.45, 7) is 3.45. The number of nitrogens with one attached hydrogen (secondary N) is 1. The van der Waals surface area contributed by atoms with Gasteiger partial charge in [0, 0.05) is 18.1 Å². The molecule has 180 valence electrons. The summed E-state index contributed by atoms with van der Waals surface area (Å²) >= 11 is 18.4. The Kier molecular flexibility index (Phi) is 9.84. The van der Waals surface area contributed by atoms with E-state index in [2.05, 4.69) is 5.32 Å². The Labute approximate surface area is 209 Å². The Hall–Kier alpha value is -2.00. The first-order valence-corrected chi connectivity index (χ1v) is 13.2. The van der Waals surface area contributed by atoms with E-state index in [9.17, 15) is 18.0 Å². The fraction of sp³-hybridized carbons (Fsp3) is 0.364. The lowest BCUT2D eigenvalue weighted by atomic mass is 10.1. The van der Waals surface area contributed by atoms with Gasteiger partial charge in [-0.1, -0.05) is 59.9 Å². The van der Waals surface area contributed by atoms with E-state index in [1.807, 2.05) is 6.92 Å². The fourth-order valence-corrected chi connectivity index (χ4v) is 4.61. The number of rotatable bonds is 10. The topological polar surface area (TPSA) is 86.8 Å². The molecule has 0 spiro atoms. The Morgan fingerprint density at radius 1 is 1.09 bits per heavy atom. The van der Waals surface area contributed by atoms with Gasteiger partial charge in [-0.3, -0.25) is 13.9 Å². The predicted molar refractivity (Wildman–Crippen MR) is 133 cm³/mol. The largest absolute Gasteiger partial charge is 0.354 e. The van der Waals surface area contributed by atoms with E-state index in [-0.39, 0.29) is 28.2 Å². The molecule has 0 aliphatic carbocycles. The monoisotopic (exact) mass is 533 g/mol. The van der Waals surface area contributed by atoms with Crippen LogP contribution in [0.5, 0.6) is 0 Å². The second kappa shape index (κ2) is 11.9. The number of halogens is 3. The fourth-order valence-electron chi connectivity index (χ4n) is 3.09. The molecule has 0 aliphatic rings. The van der Waals surface area contributed by atoms with Crippen molar-refractivity contribution in [2.24, 2.45) is 0 Å². The summed E-state index contributed by atoms with van der Waals surface area (Å²) in [5.74, 6) is -0.936. The Morgan fingerprint density at radius 3 is 2.36 bits per heavy atom. The minimum Gasteiger partial charge on any atom is -0.354 e. The standard InChI is InChI=1S/C22H26Cl3N3O4S/c1-4-11-26-22(30)15(2)27(13-16-7-5-8-17(23)12-16)20(29)14-28(33(3,31)32)19-10-6-9-18(24)21(19)25/h5-10,12,15H,4,11,13-14H2,1-3H3,(H,26,30)/t15-/m1/s1. The molecule has 7 nitrogen and oxygen atoms in total. The highest BCUT2D eigenvalue weighted by atomic mass is 35.5. The summed E-state index contributed by atoms with van der Waals surface area (Å²) in [7, 11) is -3.90. The van der Waals surface area contributed by atoms with Crippen LogP contribution in [0.15, 0.2) is 42.5 Å². The Balaban J connectivity index is 2.42. The highest BCUT2D eigenvalue weighted by Gasteiger charge is 2.31. The van der Waals surface area contributed by atoms with Crippen molar-refractivity contribution in [1.29, 1.82) is 0 Å². The Morgan fingerprint density at radius 2 is 1.76 bits per heavy atom. The lowest BCUT2D eigenvalue weighted by Gasteiger charge is -2.31. The van der Waals surface area contributed by atoms with Gasteiger partial charge in [0.25, 0.3) is 0 Å². The van der Waals surface area contributed by atoms with E-state index in [1.54, 1.807) is 31.2 Å². The average molecular weight is 535 g/mol. The number of sulfonamides is 1. The van der Waals surface area contributed by atoms with Gasteiger partial charge in [0.15, 0.2) is 0 Å². The second-order valence-electron chi connectivity index (χ2n) is 7.46. The highest BCUT2D eigenvalue weighted by Crippen LogP contribution is 2.33. The molecule has 11 heteroatoms. The van der Waals surface area contributed by atoms with Crippen LogP contribution in [-0.2, 0) is 26.2 Å². The summed E-state index contributed by atoms with van der Waals surface area (Å²) in [6.07, 6.45) is 1.70. The number of nitrogens with zero attached hydrogens (tertiary/aromatic N) is 2. The van der Waals surface area contributed by atoms with E-state index in [0.717, 1.165) is 17.0 Å². The van der Waals surface area contributed by atoms with E-state index in [1.165, 1.54) is 23.1 Å². The van der Waals surface area contributed by atoms with Crippen LogP contribution < -0.4 is 9.62 Å². The molecule has 2 rings (SSSR count). The minimum absolute atomic E-state index is 0.00696. The molecule has 0 saturated heterocycles. The zero-order valence-electron chi connectivity index (χ0n) is 18.5. The molecule has 0 radical (unpaired) electrons. The molecule has 33 heavy (non-hydrogen) atoms.